The smallest absolute Gasteiger partial charge is 0.255 e. The molecule has 33 heavy (non-hydrogen) atoms. The van der Waals surface area contributed by atoms with Gasteiger partial charge in [-0.15, -0.1) is 0 Å². The lowest BCUT2D eigenvalue weighted by atomic mass is 10.1. The summed E-state index contributed by atoms with van der Waals surface area (Å²) in [7, 11) is 1.56. The number of hydrogen-bond acceptors (Lipinski definition) is 3. The maximum Gasteiger partial charge on any atom is 0.255 e. The number of nitrogens with one attached hydrogen (secondary N) is 1. The van der Waals surface area contributed by atoms with Crippen molar-refractivity contribution in [1.29, 1.82) is 0 Å². The highest BCUT2D eigenvalue weighted by Crippen LogP contribution is 2.21. The number of nitrogens with zero attached hydrogens (tertiary/aromatic N) is 2. The summed E-state index contributed by atoms with van der Waals surface area (Å²) in [4.78, 5) is 17.2. The fraction of sp³-hybridized carbons (Fsp3) is 0.259. The second-order valence-electron chi connectivity index (χ2n) is 7.96. The monoisotopic (exact) mass is 445 g/mol. The topological polar surface area (TPSA) is 56.1 Å². The minimum atomic E-state index is -0.202. The number of imidazole rings is 1. The van der Waals surface area contributed by atoms with E-state index in [4.69, 9.17) is 9.72 Å². The molecule has 1 heterocycles. The summed E-state index contributed by atoms with van der Waals surface area (Å²) in [6.45, 7) is 1.06. The SMILES string of the molecule is COc1ccccc1C(=O)NCCCCCc1nc2ccccc2n1Cc1ccccc1F. The van der Waals surface area contributed by atoms with E-state index in [0.29, 0.717) is 30.0 Å². The first-order valence-corrected chi connectivity index (χ1v) is 11.3. The second-order valence-corrected chi connectivity index (χ2v) is 7.96. The molecule has 4 aromatic rings. The van der Waals surface area contributed by atoms with E-state index >= 15 is 0 Å². The molecular formula is C27H28FN3O2. The van der Waals surface area contributed by atoms with Gasteiger partial charge in [0.05, 0.1) is 30.3 Å². The van der Waals surface area contributed by atoms with Gasteiger partial charge < -0.3 is 14.6 Å². The molecule has 3 aromatic carbocycles. The Morgan fingerprint density at radius 1 is 0.970 bits per heavy atom. The third kappa shape index (κ3) is 5.40. The van der Waals surface area contributed by atoms with Crippen molar-refractivity contribution in [3.05, 3.63) is 95.6 Å². The van der Waals surface area contributed by atoms with Crippen LogP contribution in [0.4, 0.5) is 4.39 Å². The predicted molar refractivity (Wildman–Crippen MR) is 128 cm³/mol. The summed E-state index contributed by atoms with van der Waals surface area (Å²) in [6.07, 6.45) is 3.55. The Kier molecular flexibility index (Phi) is 7.35. The highest BCUT2D eigenvalue weighted by atomic mass is 19.1. The maximum absolute atomic E-state index is 14.3. The zero-order valence-electron chi connectivity index (χ0n) is 18.8. The third-order valence-electron chi connectivity index (χ3n) is 5.73. The Morgan fingerprint density at radius 2 is 1.73 bits per heavy atom. The summed E-state index contributed by atoms with van der Waals surface area (Å²) in [6, 6.07) is 22.0. The first-order chi connectivity index (χ1) is 16.2. The summed E-state index contributed by atoms with van der Waals surface area (Å²) < 4.78 is 21.6. The zero-order valence-corrected chi connectivity index (χ0v) is 18.8. The highest BCUT2D eigenvalue weighted by molar-refractivity contribution is 5.96. The van der Waals surface area contributed by atoms with Gasteiger partial charge in [0.25, 0.3) is 5.91 Å². The summed E-state index contributed by atoms with van der Waals surface area (Å²) in [5, 5.41) is 2.96. The fourth-order valence-corrected chi connectivity index (χ4v) is 4.00. The molecule has 6 heteroatoms. The molecule has 1 N–H and O–H groups in total. The van der Waals surface area contributed by atoms with Crippen molar-refractivity contribution in [2.24, 2.45) is 0 Å². The van der Waals surface area contributed by atoms with E-state index in [1.165, 1.54) is 6.07 Å². The van der Waals surface area contributed by atoms with Crippen LogP contribution in [-0.4, -0.2) is 29.1 Å². The van der Waals surface area contributed by atoms with Crippen molar-refractivity contribution in [1.82, 2.24) is 14.9 Å². The number of fused-ring (bicyclic) bond motifs is 1. The van der Waals surface area contributed by atoms with Gasteiger partial charge in [-0.2, -0.15) is 0 Å². The molecule has 0 saturated heterocycles. The van der Waals surface area contributed by atoms with E-state index in [1.807, 2.05) is 48.5 Å². The number of rotatable bonds is 10. The predicted octanol–water partition coefficient (Wildman–Crippen LogP) is 5.38. The van der Waals surface area contributed by atoms with Gasteiger partial charge in [0.1, 0.15) is 17.4 Å². The third-order valence-corrected chi connectivity index (χ3v) is 5.73. The molecule has 0 saturated carbocycles. The van der Waals surface area contributed by atoms with Crippen LogP contribution in [0.2, 0.25) is 0 Å². The second kappa shape index (κ2) is 10.8. The number of amides is 1. The van der Waals surface area contributed by atoms with Gasteiger partial charge in [-0.3, -0.25) is 4.79 Å². The number of aromatic nitrogens is 2. The summed E-state index contributed by atoms with van der Waals surface area (Å²) >= 11 is 0. The van der Waals surface area contributed by atoms with Gasteiger partial charge >= 0.3 is 0 Å². The quantitative estimate of drug-likeness (QED) is 0.334. The van der Waals surface area contributed by atoms with E-state index < -0.39 is 0 Å². The Labute approximate surface area is 193 Å². The molecule has 0 aliphatic carbocycles. The summed E-state index contributed by atoms with van der Waals surface area (Å²) in [5.74, 6) is 1.20. The minimum Gasteiger partial charge on any atom is -0.496 e. The summed E-state index contributed by atoms with van der Waals surface area (Å²) in [5.41, 5.74) is 3.13. The average Bonchev–Trinajstić information content (AvgIpc) is 3.19. The van der Waals surface area contributed by atoms with Crippen molar-refractivity contribution in [3.8, 4) is 5.75 Å². The van der Waals surface area contributed by atoms with Crippen molar-refractivity contribution in [2.45, 2.75) is 32.2 Å². The van der Waals surface area contributed by atoms with Gasteiger partial charge in [0.15, 0.2) is 0 Å². The molecule has 5 nitrogen and oxygen atoms in total. The van der Waals surface area contributed by atoms with Crippen LogP contribution in [0.1, 0.15) is 41.0 Å². The van der Waals surface area contributed by atoms with Crippen LogP contribution in [0, 0.1) is 5.82 Å². The van der Waals surface area contributed by atoms with Crippen molar-refractivity contribution < 1.29 is 13.9 Å². The van der Waals surface area contributed by atoms with Crippen molar-refractivity contribution >= 4 is 16.9 Å². The molecule has 1 aromatic heterocycles. The molecule has 0 aliphatic rings. The standard InChI is InChI=1S/C27H28FN3O2/c1-33-25-16-9-5-12-21(25)27(32)29-18-10-2-3-17-26-30-23-14-7-8-15-24(23)31(26)19-20-11-4-6-13-22(20)28/h4-9,11-16H,2-3,10,17-19H2,1H3,(H,29,32). The normalized spacial score (nSPS) is 11.0. The number of ether oxygens (including phenoxy) is 1. The molecular weight excluding hydrogens is 417 g/mol. The van der Waals surface area contributed by atoms with E-state index in [1.54, 1.807) is 25.3 Å². The minimum absolute atomic E-state index is 0.126. The molecule has 0 aliphatic heterocycles. The molecule has 1 amide bonds. The molecule has 4 rings (SSSR count). The van der Waals surface area contributed by atoms with Crippen LogP contribution >= 0.6 is 0 Å². The van der Waals surface area contributed by atoms with E-state index in [9.17, 15) is 9.18 Å². The number of carbonyl (C=O) groups excluding carboxylic acids is 1. The van der Waals surface area contributed by atoms with Crippen LogP contribution in [0.3, 0.4) is 0 Å². The number of aryl methyl sites for hydroxylation is 1. The number of unbranched alkanes of at least 4 members (excludes halogenated alkanes) is 2. The van der Waals surface area contributed by atoms with E-state index in [-0.39, 0.29) is 11.7 Å². The highest BCUT2D eigenvalue weighted by Gasteiger charge is 2.13. The largest absolute Gasteiger partial charge is 0.496 e. The van der Waals surface area contributed by atoms with Gasteiger partial charge in [0, 0.05) is 18.5 Å². The Hall–Kier alpha value is -3.67. The first-order valence-electron chi connectivity index (χ1n) is 11.3. The van der Waals surface area contributed by atoms with E-state index in [0.717, 1.165) is 42.5 Å². The molecule has 0 fully saturated rings. The zero-order chi connectivity index (χ0) is 23.0. The molecule has 0 unspecified atom stereocenters. The molecule has 0 spiro atoms. The van der Waals surface area contributed by atoms with Crippen LogP contribution in [-0.2, 0) is 13.0 Å². The Morgan fingerprint density at radius 3 is 2.58 bits per heavy atom. The van der Waals surface area contributed by atoms with Crippen LogP contribution < -0.4 is 10.1 Å². The Bertz CT molecular complexity index is 1240. The number of benzene rings is 3. The van der Waals surface area contributed by atoms with Gasteiger partial charge in [-0.05, 0) is 43.2 Å². The number of halogens is 1. The molecule has 0 bridgehead atoms. The lowest BCUT2D eigenvalue weighted by Crippen LogP contribution is -2.24. The lowest BCUT2D eigenvalue weighted by Gasteiger charge is -2.11. The average molecular weight is 446 g/mol. The van der Waals surface area contributed by atoms with Gasteiger partial charge in [-0.25, -0.2) is 9.37 Å². The molecule has 170 valence electrons. The molecule has 0 radical (unpaired) electrons. The Balaban J connectivity index is 1.33. The fourth-order valence-electron chi connectivity index (χ4n) is 4.00. The number of carbonyl (C=O) groups is 1. The lowest BCUT2D eigenvalue weighted by molar-refractivity contribution is 0.0950. The van der Waals surface area contributed by atoms with E-state index in [2.05, 4.69) is 9.88 Å². The number of para-hydroxylation sites is 3. The van der Waals surface area contributed by atoms with Crippen molar-refractivity contribution in [3.63, 3.8) is 0 Å². The van der Waals surface area contributed by atoms with Crippen LogP contribution in [0.25, 0.3) is 11.0 Å². The van der Waals surface area contributed by atoms with Crippen LogP contribution in [0.5, 0.6) is 5.75 Å². The maximum atomic E-state index is 14.3. The van der Waals surface area contributed by atoms with Crippen LogP contribution in [0.15, 0.2) is 72.8 Å². The van der Waals surface area contributed by atoms with Crippen molar-refractivity contribution in [2.75, 3.05) is 13.7 Å². The number of hydrogen-bond donors (Lipinski definition) is 1. The first kappa shape index (κ1) is 22.5. The van der Waals surface area contributed by atoms with Gasteiger partial charge in [0.2, 0.25) is 0 Å². The number of methoxy groups -OCH3 is 1. The molecule has 0 atom stereocenters. The van der Waals surface area contributed by atoms with Gasteiger partial charge in [-0.1, -0.05) is 48.9 Å².